The molecule has 0 aromatic heterocycles. The number of hydrogen-bond donors (Lipinski definition) is 1. The Labute approximate surface area is 111 Å². The zero-order valence-electron chi connectivity index (χ0n) is 11.6. The Morgan fingerprint density at radius 3 is 2.11 bits per heavy atom. The first-order chi connectivity index (χ1) is 8.34. The zero-order valence-corrected chi connectivity index (χ0v) is 12.4. The van der Waals surface area contributed by atoms with E-state index < -0.39 is 9.84 Å². The summed E-state index contributed by atoms with van der Waals surface area (Å²) in [5.74, 6) is 0.555. The molecule has 0 heterocycles. The van der Waals surface area contributed by atoms with E-state index in [2.05, 4.69) is 26.1 Å². The van der Waals surface area contributed by atoms with Crippen LogP contribution in [0.2, 0.25) is 0 Å². The van der Waals surface area contributed by atoms with Gasteiger partial charge in [-0.3, -0.25) is 0 Å². The zero-order chi connectivity index (χ0) is 13.8. The van der Waals surface area contributed by atoms with Crippen molar-refractivity contribution in [2.45, 2.75) is 38.1 Å². The van der Waals surface area contributed by atoms with Crippen molar-refractivity contribution in [2.24, 2.45) is 5.92 Å². The highest BCUT2D eigenvalue weighted by Gasteiger charge is 2.13. The summed E-state index contributed by atoms with van der Waals surface area (Å²) in [5, 5.41) is 3.46. The first-order valence-electron chi connectivity index (χ1n) is 6.37. The smallest absolute Gasteiger partial charge is 0.175 e. The van der Waals surface area contributed by atoms with E-state index in [1.165, 1.54) is 11.8 Å². The van der Waals surface area contributed by atoms with Gasteiger partial charge in [-0.05, 0) is 36.6 Å². The van der Waals surface area contributed by atoms with Crippen LogP contribution in [0.25, 0.3) is 0 Å². The topological polar surface area (TPSA) is 46.2 Å². The highest BCUT2D eigenvalue weighted by molar-refractivity contribution is 7.90. The fourth-order valence-electron chi connectivity index (χ4n) is 1.93. The van der Waals surface area contributed by atoms with Crippen molar-refractivity contribution in [1.29, 1.82) is 0 Å². The molecule has 1 atom stereocenters. The SMILES string of the molecule is CCNC(Cc1ccc(S(C)(=O)=O)cc1)C(C)C. The molecule has 0 aliphatic heterocycles. The number of benzene rings is 1. The molecule has 1 N–H and O–H groups in total. The van der Waals surface area contributed by atoms with Gasteiger partial charge in [-0.1, -0.05) is 32.9 Å². The molecule has 1 unspecified atom stereocenters. The average molecular weight is 269 g/mol. The highest BCUT2D eigenvalue weighted by Crippen LogP contribution is 2.14. The van der Waals surface area contributed by atoms with Crippen LogP contribution in [0.1, 0.15) is 26.3 Å². The Morgan fingerprint density at radius 2 is 1.72 bits per heavy atom. The summed E-state index contributed by atoms with van der Waals surface area (Å²) < 4.78 is 22.7. The van der Waals surface area contributed by atoms with Crippen LogP contribution in [0.4, 0.5) is 0 Å². The summed E-state index contributed by atoms with van der Waals surface area (Å²) in [6.07, 6.45) is 2.16. The standard InChI is InChI=1S/C14H23NO2S/c1-5-15-14(11(2)3)10-12-6-8-13(9-7-12)18(4,16)17/h6-9,11,14-15H,5,10H2,1-4H3. The molecule has 102 valence electrons. The van der Waals surface area contributed by atoms with Crippen molar-refractivity contribution < 1.29 is 8.42 Å². The summed E-state index contributed by atoms with van der Waals surface area (Å²) in [6.45, 7) is 7.43. The molecule has 18 heavy (non-hydrogen) atoms. The van der Waals surface area contributed by atoms with E-state index in [-0.39, 0.29) is 0 Å². The van der Waals surface area contributed by atoms with Gasteiger partial charge in [0.15, 0.2) is 9.84 Å². The summed E-state index contributed by atoms with van der Waals surface area (Å²) in [6, 6.07) is 7.62. The van der Waals surface area contributed by atoms with E-state index in [1.807, 2.05) is 12.1 Å². The third kappa shape index (κ3) is 4.42. The normalized spacial score (nSPS) is 13.8. The van der Waals surface area contributed by atoms with Gasteiger partial charge in [0.25, 0.3) is 0 Å². The first-order valence-corrected chi connectivity index (χ1v) is 8.26. The fourth-order valence-corrected chi connectivity index (χ4v) is 2.56. The minimum absolute atomic E-state index is 0.385. The van der Waals surface area contributed by atoms with Gasteiger partial charge in [-0.2, -0.15) is 0 Å². The fraction of sp³-hybridized carbons (Fsp3) is 0.571. The van der Waals surface area contributed by atoms with Gasteiger partial charge in [0.1, 0.15) is 0 Å². The van der Waals surface area contributed by atoms with Gasteiger partial charge in [0.2, 0.25) is 0 Å². The number of sulfone groups is 1. The van der Waals surface area contributed by atoms with Gasteiger partial charge in [-0.25, -0.2) is 8.42 Å². The third-order valence-corrected chi connectivity index (χ3v) is 4.21. The molecule has 1 rings (SSSR count). The van der Waals surface area contributed by atoms with Crippen molar-refractivity contribution in [3.8, 4) is 0 Å². The number of hydrogen-bond acceptors (Lipinski definition) is 3. The van der Waals surface area contributed by atoms with E-state index in [0.29, 0.717) is 16.9 Å². The first kappa shape index (κ1) is 15.2. The van der Waals surface area contributed by atoms with Crippen LogP contribution >= 0.6 is 0 Å². The molecule has 1 aromatic carbocycles. The second kappa shape index (κ2) is 6.34. The maximum atomic E-state index is 11.4. The maximum absolute atomic E-state index is 11.4. The minimum atomic E-state index is -3.09. The molecule has 3 nitrogen and oxygen atoms in total. The quantitative estimate of drug-likeness (QED) is 0.861. The second-order valence-electron chi connectivity index (χ2n) is 5.03. The third-order valence-electron chi connectivity index (χ3n) is 3.08. The molecule has 0 aliphatic rings. The summed E-state index contributed by atoms with van der Waals surface area (Å²) in [5.41, 5.74) is 1.17. The summed E-state index contributed by atoms with van der Waals surface area (Å²) in [7, 11) is -3.09. The van der Waals surface area contributed by atoms with Crippen molar-refractivity contribution in [3.63, 3.8) is 0 Å². The van der Waals surface area contributed by atoms with E-state index >= 15 is 0 Å². The van der Waals surface area contributed by atoms with Gasteiger partial charge >= 0.3 is 0 Å². The Morgan fingerprint density at radius 1 is 1.17 bits per heavy atom. The van der Waals surface area contributed by atoms with Gasteiger partial charge in [-0.15, -0.1) is 0 Å². The molecule has 0 bridgehead atoms. The van der Waals surface area contributed by atoms with Crippen molar-refractivity contribution >= 4 is 9.84 Å². The number of likely N-dealkylation sites (N-methyl/N-ethyl adjacent to an activating group) is 1. The largest absolute Gasteiger partial charge is 0.314 e. The average Bonchev–Trinajstić information content (AvgIpc) is 2.28. The highest BCUT2D eigenvalue weighted by atomic mass is 32.2. The van der Waals surface area contributed by atoms with Gasteiger partial charge < -0.3 is 5.32 Å². The number of nitrogens with one attached hydrogen (secondary N) is 1. The van der Waals surface area contributed by atoms with Crippen LogP contribution in [0, 0.1) is 5.92 Å². The van der Waals surface area contributed by atoms with E-state index in [9.17, 15) is 8.42 Å². The molecular formula is C14H23NO2S. The molecule has 4 heteroatoms. The van der Waals surface area contributed by atoms with E-state index in [4.69, 9.17) is 0 Å². The van der Waals surface area contributed by atoms with E-state index in [0.717, 1.165) is 13.0 Å². The van der Waals surface area contributed by atoms with Crippen LogP contribution in [0.3, 0.4) is 0 Å². The number of rotatable bonds is 6. The van der Waals surface area contributed by atoms with E-state index in [1.54, 1.807) is 12.1 Å². The Hall–Kier alpha value is -0.870. The predicted octanol–water partition coefficient (Wildman–Crippen LogP) is 2.27. The minimum Gasteiger partial charge on any atom is -0.314 e. The Bertz CT molecular complexity index is 463. The van der Waals surface area contributed by atoms with Crippen LogP contribution in [-0.2, 0) is 16.3 Å². The van der Waals surface area contributed by atoms with Crippen molar-refractivity contribution in [3.05, 3.63) is 29.8 Å². The summed E-state index contributed by atoms with van der Waals surface area (Å²) in [4.78, 5) is 0.385. The monoisotopic (exact) mass is 269 g/mol. The molecule has 0 radical (unpaired) electrons. The van der Waals surface area contributed by atoms with Crippen LogP contribution in [-0.4, -0.2) is 27.3 Å². The molecule has 0 fully saturated rings. The Balaban J connectivity index is 2.79. The lowest BCUT2D eigenvalue weighted by atomic mass is 9.96. The van der Waals surface area contributed by atoms with Gasteiger partial charge in [0, 0.05) is 12.3 Å². The van der Waals surface area contributed by atoms with Crippen LogP contribution in [0.5, 0.6) is 0 Å². The molecule has 0 aliphatic carbocycles. The molecule has 0 saturated carbocycles. The van der Waals surface area contributed by atoms with Crippen LogP contribution in [0.15, 0.2) is 29.2 Å². The molecule has 1 aromatic rings. The van der Waals surface area contributed by atoms with Gasteiger partial charge in [0.05, 0.1) is 4.90 Å². The van der Waals surface area contributed by atoms with Crippen molar-refractivity contribution in [1.82, 2.24) is 5.32 Å². The lowest BCUT2D eigenvalue weighted by Crippen LogP contribution is -2.35. The molecule has 0 spiro atoms. The lowest BCUT2D eigenvalue weighted by Gasteiger charge is -2.21. The lowest BCUT2D eigenvalue weighted by molar-refractivity contribution is 0.405. The second-order valence-corrected chi connectivity index (χ2v) is 7.04. The Kier molecular flexibility index (Phi) is 5.35. The molecule has 0 saturated heterocycles. The predicted molar refractivity (Wildman–Crippen MR) is 75.6 cm³/mol. The van der Waals surface area contributed by atoms with Crippen molar-refractivity contribution in [2.75, 3.05) is 12.8 Å². The maximum Gasteiger partial charge on any atom is 0.175 e. The summed E-state index contributed by atoms with van der Waals surface area (Å²) >= 11 is 0. The van der Waals surface area contributed by atoms with Crippen LogP contribution < -0.4 is 5.32 Å². The molecule has 0 amide bonds. The molecular weight excluding hydrogens is 246 g/mol.